The van der Waals surface area contributed by atoms with Gasteiger partial charge < -0.3 is 16.0 Å². The molecule has 1 atom stereocenters. The van der Waals surface area contributed by atoms with Crippen LogP contribution in [-0.4, -0.2) is 42.1 Å². The molecule has 2 fully saturated rings. The number of aromatic nitrogens is 2. The fourth-order valence-corrected chi connectivity index (χ4v) is 6.43. The van der Waals surface area contributed by atoms with Crippen molar-refractivity contribution in [1.82, 2.24) is 20.6 Å². The fourth-order valence-electron chi connectivity index (χ4n) is 5.50. The van der Waals surface area contributed by atoms with Crippen LogP contribution in [0.3, 0.4) is 0 Å². The lowest BCUT2D eigenvalue weighted by molar-refractivity contribution is 0.102. The van der Waals surface area contributed by atoms with Crippen LogP contribution in [0.15, 0.2) is 60.8 Å². The number of piperidine rings is 1. The van der Waals surface area contributed by atoms with Crippen molar-refractivity contribution in [2.24, 2.45) is 5.92 Å². The lowest BCUT2D eigenvalue weighted by Gasteiger charge is -2.22. The molecule has 0 aliphatic carbocycles. The van der Waals surface area contributed by atoms with Crippen molar-refractivity contribution >= 4 is 33.3 Å². The zero-order valence-electron chi connectivity index (χ0n) is 21.0. The van der Waals surface area contributed by atoms with Crippen LogP contribution in [0.4, 0.5) is 5.69 Å². The number of aryl methyl sites for hydroxylation is 1. The lowest BCUT2D eigenvalue weighted by Crippen LogP contribution is -2.27. The van der Waals surface area contributed by atoms with E-state index in [1.54, 1.807) is 11.3 Å². The molecular weight excluding hydrogens is 478 g/mol. The molecule has 2 aromatic carbocycles. The van der Waals surface area contributed by atoms with Crippen molar-refractivity contribution < 1.29 is 4.79 Å². The first-order chi connectivity index (χ1) is 18.2. The predicted octanol–water partition coefficient (Wildman–Crippen LogP) is 5.62. The number of para-hydroxylation sites is 1. The highest BCUT2D eigenvalue weighted by Crippen LogP contribution is 2.34. The lowest BCUT2D eigenvalue weighted by atomic mass is 9.92. The van der Waals surface area contributed by atoms with Gasteiger partial charge in [0.25, 0.3) is 5.91 Å². The summed E-state index contributed by atoms with van der Waals surface area (Å²) in [6.45, 7) is 4.28. The number of pyridine rings is 1. The molecule has 2 aliphatic heterocycles. The number of carbonyl (C=O) groups excluding carboxylic acids is 1. The minimum atomic E-state index is -0.0975. The predicted molar refractivity (Wildman–Crippen MR) is 151 cm³/mol. The average Bonchev–Trinajstić information content (AvgIpc) is 3.63. The Morgan fingerprint density at radius 2 is 1.86 bits per heavy atom. The van der Waals surface area contributed by atoms with Gasteiger partial charge in [0.1, 0.15) is 15.4 Å². The van der Waals surface area contributed by atoms with Crippen molar-refractivity contribution in [3.63, 3.8) is 0 Å². The van der Waals surface area contributed by atoms with Gasteiger partial charge in [-0.15, -0.1) is 0 Å². The number of amides is 1. The molecule has 0 spiro atoms. The molecule has 0 radical (unpaired) electrons. The fraction of sp³-hybridized carbons (Fsp3) is 0.367. The summed E-state index contributed by atoms with van der Waals surface area (Å²) in [5, 5.41) is 10.9. The molecule has 6 rings (SSSR count). The number of fused-ring (bicyclic) bond motifs is 1. The molecule has 6 nitrogen and oxygen atoms in total. The highest BCUT2D eigenvalue weighted by atomic mass is 32.1. The second kappa shape index (κ2) is 11.1. The first-order valence-electron chi connectivity index (χ1n) is 13.4. The van der Waals surface area contributed by atoms with E-state index in [4.69, 9.17) is 9.97 Å². The SMILES string of the molecule is O=C(Nc1ccccc1-c1nc2cc(CCC3CCNCC3)cnc2s1)c1cccc(C2CCNC2)c1. The largest absolute Gasteiger partial charge is 0.321 e. The summed E-state index contributed by atoms with van der Waals surface area (Å²) in [5.74, 6) is 1.17. The van der Waals surface area contributed by atoms with Gasteiger partial charge in [0.05, 0.1) is 5.69 Å². The third-order valence-electron chi connectivity index (χ3n) is 7.69. The van der Waals surface area contributed by atoms with Gasteiger partial charge in [0.15, 0.2) is 0 Å². The van der Waals surface area contributed by atoms with Crippen LogP contribution in [0, 0.1) is 5.92 Å². The molecule has 3 N–H and O–H groups in total. The third-order valence-corrected chi connectivity index (χ3v) is 8.70. The maximum atomic E-state index is 13.2. The van der Waals surface area contributed by atoms with E-state index in [0.717, 1.165) is 71.5 Å². The maximum absolute atomic E-state index is 13.2. The monoisotopic (exact) mass is 511 g/mol. The molecule has 7 heteroatoms. The van der Waals surface area contributed by atoms with E-state index in [-0.39, 0.29) is 5.91 Å². The Hall–Kier alpha value is -3.13. The molecule has 2 saturated heterocycles. The van der Waals surface area contributed by atoms with Crippen molar-refractivity contribution in [2.75, 3.05) is 31.5 Å². The summed E-state index contributed by atoms with van der Waals surface area (Å²) in [7, 11) is 0. The minimum Gasteiger partial charge on any atom is -0.321 e. The number of hydrogen-bond donors (Lipinski definition) is 3. The molecule has 2 aliphatic rings. The van der Waals surface area contributed by atoms with Crippen molar-refractivity contribution in [2.45, 2.75) is 38.0 Å². The van der Waals surface area contributed by atoms with Crippen LogP contribution >= 0.6 is 11.3 Å². The van der Waals surface area contributed by atoms with Gasteiger partial charge >= 0.3 is 0 Å². The van der Waals surface area contributed by atoms with E-state index in [1.165, 1.54) is 30.4 Å². The van der Waals surface area contributed by atoms with Gasteiger partial charge in [0.2, 0.25) is 0 Å². The standard InChI is InChI=1S/C30H33N5OS/c36-28(23-5-3-4-22(17-23)24-12-15-32-19-24)34-26-7-2-1-6-25(26)29-35-27-16-21(18-33-30(27)37-29)9-8-20-10-13-31-14-11-20/h1-7,16-18,20,24,31-32H,8-15,19H2,(H,34,36). The summed E-state index contributed by atoms with van der Waals surface area (Å²) in [6, 6.07) is 18.1. The number of thiazole rings is 1. The van der Waals surface area contributed by atoms with E-state index in [9.17, 15) is 4.79 Å². The second-order valence-electron chi connectivity index (χ2n) is 10.2. The van der Waals surface area contributed by atoms with Crippen LogP contribution in [0.5, 0.6) is 0 Å². The highest BCUT2D eigenvalue weighted by Gasteiger charge is 2.19. The van der Waals surface area contributed by atoms with E-state index < -0.39 is 0 Å². The van der Waals surface area contributed by atoms with Crippen molar-refractivity contribution in [3.8, 4) is 10.6 Å². The Morgan fingerprint density at radius 1 is 1.00 bits per heavy atom. The van der Waals surface area contributed by atoms with Gasteiger partial charge in [-0.05, 0) is 105 Å². The first kappa shape index (κ1) is 24.2. The Bertz CT molecular complexity index is 1390. The molecule has 4 aromatic rings. The minimum absolute atomic E-state index is 0.0975. The number of hydrogen-bond acceptors (Lipinski definition) is 6. The number of nitrogens with one attached hydrogen (secondary N) is 3. The second-order valence-corrected chi connectivity index (χ2v) is 11.2. The van der Waals surface area contributed by atoms with E-state index in [0.29, 0.717) is 11.5 Å². The summed E-state index contributed by atoms with van der Waals surface area (Å²) in [5.41, 5.74) is 5.78. The number of rotatable bonds is 7. The van der Waals surface area contributed by atoms with Crippen LogP contribution in [0.1, 0.15) is 53.1 Å². The quantitative estimate of drug-likeness (QED) is 0.300. The Kier molecular flexibility index (Phi) is 7.26. The smallest absolute Gasteiger partial charge is 0.255 e. The molecule has 37 heavy (non-hydrogen) atoms. The molecule has 0 bridgehead atoms. The van der Waals surface area contributed by atoms with Gasteiger partial charge in [0, 0.05) is 23.9 Å². The molecule has 1 amide bonds. The summed E-state index contributed by atoms with van der Waals surface area (Å²) in [4.78, 5) is 23.8. The zero-order chi connectivity index (χ0) is 25.0. The molecule has 2 aromatic heterocycles. The summed E-state index contributed by atoms with van der Waals surface area (Å²) >= 11 is 1.57. The highest BCUT2D eigenvalue weighted by molar-refractivity contribution is 7.21. The molecule has 1 unspecified atom stereocenters. The topological polar surface area (TPSA) is 78.9 Å². The number of benzene rings is 2. The number of anilines is 1. The summed E-state index contributed by atoms with van der Waals surface area (Å²) in [6.07, 6.45) is 7.90. The van der Waals surface area contributed by atoms with E-state index in [2.05, 4.69) is 28.1 Å². The summed E-state index contributed by atoms with van der Waals surface area (Å²) < 4.78 is 0. The van der Waals surface area contributed by atoms with Crippen LogP contribution in [0.25, 0.3) is 20.9 Å². The van der Waals surface area contributed by atoms with E-state index in [1.807, 2.05) is 48.7 Å². The zero-order valence-corrected chi connectivity index (χ0v) is 21.8. The number of nitrogens with zero attached hydrogens (tertiary/aromatic N) is 2. The molecule has 0 saturated carbocycles. The normalized spacial score (nSPS) is 18.3. The Labute approximate surface area is 221 Å². The molecule has 190 valence electrons. The van der Waals surface area contributed by atoms with Crippen molar-refractivity contribution in [1.29, 1.82) is 0 Å². The first-order valence-corrected chi connectivity index (χ1v) is 14.2. The van der Waals surface area contributed by atoms with Gasteiger partial charge in [-0.1, -0.05) is 35.6 Å². The van der Waals surface area contributed by atoms with Crippen LogP contribution in [-0.2, 0) is 6.42 Å². The average molecular weight is 512 g/mol. The van der Waals surface area contributed by atoms with Gasteiger partial charge in [-0.25, -0.2) is 9.97 Å². The Morgan fingerprint density at radius 3 is 2.73 bits per heavy atom. The van der Waals surface area contributed by atoms with E-state index >= 15 is 0 Å². The molecular formula is C30H33N5OS. The van der Waals surface area contributed by atoms with Crippen LogP contribution < -0.4 is 16.0 Å². The molecule has 4 heterocycles. The Balaban J connectivity index is 1.20. The van der Waals surface area contributed by atoms with Crippen LogP contribution in [0.2, 0.25) is 0 Å². The number of carbonyl (C=O) groups is 1. The maximum Gasteiger partial charge on any atom is 0.255 e. The van der Waals surface area contributed by atoms with Gasteiger partial charge in [-0.2, -0.15) is 0 Å². The van der Waals surface area contributed by atoms with Crippen molar-refractivity contribution in [3.05, 3.63) is 77.5 Å². The third kappa shape index (κ3) is 5.59. The van der Waals surface area contributed by atoms with Gasteiger partial charge in [-0.3, -0.25) is 4.79 Å².